The van der Waals surface area contributed by atoms with Crippen LogP contribution >= 0.6 is 0 Å². The van der Waals surface area contributed by atoms with Gasteiger partial charge in [0.25, 0.3) is 0 Å². The second-order valence-electron chi connectivity index (χ2n) is 13.2. The van der Waals surface area contributed by atoms with Gasteiger partial charge in [-0.05, 0) is 68.4 Å². The lowest BCUT2D eigenvalue weighted by atomic mass is 9.91. The second kappa shape index (κ2) is 12.9. The van der Waals surface area contributed by atoms with Crippen LogP contribution in [-0.4, -0.2) is 15.0 Å². The van der Waals surface area contributed by atoms with Gasteiger partial charge in [0.05, 0.1) is 0 Å². The van der Waals surface area contributed by atoms with E-state index in [1.165, 1.54) is 27.5 Å². The highest BCUT2D eigenvalue weighted by molar-refractivity contribution is 6.14. The molecule has 4 nitrogen and oxygen atoms in total. The number of aromatic nitrogens is 3. The number of furan rings is 1. The van der Waals surface area contributed by atoms with Crippen molar-refractivity contribution >= 4 is 32.7 Å². The summed E-state index contributed by atoms with van der Waals surface area (Å²) in [7, 11) is 0. The van der Waals surface area contributed by atoms with E-state index < -0.39 is 0 Å². The van der Waals surface area contributed by atoms with Crippen LogP contribution in [0.5, 0.6) is 0 Å². The third kappa shape index (κ3) is 5.54. The molecule has 0 aliphatic carbocycles. The van der Waals surface area contributed by atoms with Crippen LogP contribution in [0, 0.1) is 0 Å². The third-order valence-corrected chi connectivity index (χ3v) is 9.95. The Morgan fingerprint density at radius 1 is 0.283 bits per heavy atom. The lowest BCUT2D eigenvalue weighted by Crippen LogP contribution is -2.00. The molecule has 8 aromatic carbocycles. The largest absolute Gasteiger partial charge is 0.456 e. The first-order chi connectivity index (χ1) is 26.3. The first-order valence-corrected chi connectivity index (χ1v) is 17.8. The third-order valence-electron chi connectivity index (χ3n) is 9.95. The van der Waals surface area contributed by atoms with Crippen molar-refractivity contribution in [1.82, 2.24) is 15.0 Å². The Balaban J connectivity index is 1.11. The lowest BCUT2D eigenvalue weighted by Gasteiger charge is -2.12. The molecule has 0 bridgehead atoms. The van der Waals surface area contributed by atoms with Crippen LogP contribution in [0.2, 0.25) is 0 Å². The summed E-state index contributed by atoms with van der Waals surface area (Å²) < 4.78 is 6.48. The number of benzene rings is 8. The Bertz CT molecular complexity index is 2880. The highest BCUT2D eigenvalue weighted by Gasteiger charge is 2.17. The van der Waals surface area contributed by atoms with Gasteiger partial charge in [-0.2, -0.15) is 0 Å². The summed E-state index contributed by atoms with van der Waals surface area (Å²) in [6.45, 7) is 0. The van der Waals surface area contributed by atoms with E-state index in [9.17, 15) is 0 Å². The van der Waals surface area contributed by atoms with E-state index in [4.69, 9.17) is 19.4 Å². The fraction of sp³-hybridized carbons (Fsp3) is 0. The fourth-order valence-corrected chi connectivity index (χ4v) is 7.42. The lowest BCUT2D eigenvalue weighted by molar-refractivity contribution is 0.669. The van der Waals surface area contributed by atoms with Crippen molar-refractivity contribution in [1.29, 1.82) is 0 Å². The maximum Gasteiger partial charge on any atom is 0.164 e. The van der Waals surface area contributed by atoms with Crippen LogP contribution in [0.15, 0.2) is 192 Å². The molecule has 248 valence electrons. The van der Waals surface area contributed by atoms with Crippen LogP contribution < -0.4 is 0 Å². The first-order valence-electron chi connectivity index (χ1n) is 17.8. The summed E-state index contributed by atoms with van der Waals surface area (Å²) in [5, 5.41) is 4.61. The Morgan fingerprint density at radius 2 is 0.774 bits per heavy atom. The normalized spacial score (nSPS) is 11.4. The van der Waals surface area contributed by atoms with E-state index in [0.29, 0.717) is 17.5 Å². The molecule has 0 saturated heterocycles. The predicted octanol–water partition coefficient (Wildman–Crippen LogP) is 12.9. The molecule has 0 N–H and O–H groups in total. The number of fused-ring (bicyclic) bond motifs is 4. The number of nitrogens with zero attached hydrogens (tertiary/aromatic N) is 3. The zero-order chi connectivity index (χ0) is 35.1. The van der Waals surface area contributed by atoms with Gasteiger partial charge in [-0.1, -0.05) is 164 Å². The molecule has 0 saturated carbocycles. The molecule has 2 aromatic heterocycles. The summed E-state index contributed by atoms with van der Waals surface area (Å²) in [4.78, 5) is 14.9. The Kier molecular flexibility index (Phi) is 7.43. The van der Waals surface area contributed by atoms with Gasteiger partial charge in [0.15, 0.2) is 17.5 Å². The minimum absolute atomic E-state index is 0.622. The Labute approximate surface area is 306 Å². The highest BCUT2D eigenvalue weighted by Crippen LogP contribution is 2.41. The van der Waals surface area contributed by atoms with Crippen molar-refractivity contribution in [3.8, 4) is 67.5 Å². The molecule has 4 heteroatoms. The van der Waals surface area contributed by atoms with Gasteiger partial charge in [0, 0.05) is 27.5 Å². The van der Waals surface area contributed by atoms with Gasteiger partial charge in [-0.25, -0.2) is 15.0 Å². The summed E-state index contributed by atoms with van der Waals surface area (Å²) in [5.41, 5.74) is 11.4. The zero-order valence-corrected chi connectivity index (χ0v) is 28.6. The minimum atomic E-state index is 0.622. The van der Waals surface area contributed by atoms with Gasteiger partial charge < -0.3 is 4.42 Å². The molecule has 0 radical (unpaired) electrons. The minimum Gasteiger partial charge on any atom is -0.456 e. The maximum absolute atomic E-state index is 6.48. The van der Waals surface area contributed by atoms with E-state index in [1.807, 2.05) is 60.7 Å². The number of hydrogen-bond acceptors (Lipinski definition) is 4. The molecule has 2 heterocycles. The summed E-state index contributed by atoms with van der Waals surface area (Å²) in [6.07, 6.45) is 0. The molecule has 0 unspecified atom stereocenters. The molecule has 10 aromatic rings. The maximum atomic E-state index is 6.48. The SMILES string of the molecule is c1ccc(-c2nc(-c3ccccc3)nc(-c3cccc(-c4cccc5oc6ccc(-c7ccc(-c8ccccc8)c8ccccc78)cc6c45)c3)n2)cc1. The molecule has 10 rings (SSSR count). The summed E-state index contributed by atoms with van der Waals surface area (Å²) in [6, 6.07) is 65.2. The van der Waals surface area contributed by atoms with Crippen molar-refractivity contribution in [3.05, 3.63) is 188 Å². The predicted molar refractivity (Wildman–Crippen MR) is 217 cm³/mol. The van der Waals surface area contributed by atoms with Crippen molar-refractivity contribution in [2.45, 2.75) is 0 Å². The molecule has 0 aliphatic heterocycles. The van der Waals surface area contributed by atoms with E-state index in [-0.39, 0.29) is 0 Å². The first kappa shape index (κ1) is 30.6. The second-order valence-corrected chi connectivity index (χ2v) is 13.2. The molecule has 0 spiro atoms. The summed E-state index contributed by atoms with van der Waals surface area (Å²) >= 11 is 0. The van der Waals surface area contributed by atoms with Crippen molar-refractivity contribution in [2.24, 2.45) is 0 Å². The Hall–Kier alpha value is -7.17. The van der Waals surface area contributed by atoms with Gasteiger partial charge in [-0.15, -0.1) is 0 Å². The molecule has 0 amide bonds. The van der Waals surface area contributed by atoms with Crippen LogP contribution in [-0.2, 0) is 0 Å². The van der Waals surface area contributed by atoms with E-state index >= 15 is 0 Å². The molecular weight excluding hydrogens is 647 g/mol. The van der Waals surface area contributed by atoms with Gasteiger partial charge in [0.1, 0.15) is 11.2 Å². The van der Waals surface area contributed by atoms with Crippen LogP contribution in [0.25, 0.3) is 100 Å². The average molecular weight is 678 g/mol. The van der Waals surface area contributed by atoms with Crippen LogP contribution in [0.4, 0.5) is 0 Å². The van der Waals surface area contributed by atoms with E-state index in [1.54, 1.807) is 0 Å². The van der Waals surface area contributed by atoms with Gasteiger partial charge in [0.2, 0.25) is 0 Å². The molecule has 0 aliphatic rings. The van der Waals surface area contributed by atoms with Gasteiger partial charge >= 0.3 is 0 Å². The van der Waals surface area contributed by atoms with E-state index in [0.717, 1.165) is 55.3 Å². The molecule has 0 atom stereocenters. The Morgan fingerprint density at radius 3 is 1.42 bits per heavy atom. The molecular formula is C49H31N3O. The summed E-state index contributed by atoms with van der Waals surface area (Å²) in [5.74, 6) is 1.90. The van der Waals surface area contributed by atoms with E-state index in [2.05, 4.69) is 127 Å². The quantitative estimate of drug-likeness (QED) is 0.176. The standard InChI is InChI=1S/C49H31N3O/c1-4-14-32(15-5-1)38-27-28-39(42-23-11-10-22-41(38)42)36-26-29-44-43(31-36)46-40(24-13-25-45(46)53-44)35-20-12-21-37(30-35)49-51-47(33-16-6-2-7-17-33)50-48(52-49)34-18-8-3-9-19-34/h1-31H. The zero-order valence-electron chi connectivity index (χ0n) is 28.6. The number of hydrogen-bond donors (Lipinski definition) is 0. The van der Waals surface area contributed by atoms with Crippen molar-refractivity contribution in [3.63, 3.8) is 0 Å². The van der Waals surface area contributed by atoms with Crippen molar-refractivity contribution in [2.75, 3.05) is 0 Å². The fourth-order valence-electron chi connectivity index (χ4n) is 7.42. The average Bonchev–Trinajstić information content (AvgIpc) is 3.62. The van der Waals surface area contributed by atoms with Gasteiger partial charge in [-0.3, -0.25) is 0 Å². The monoisotopic (exact) mass is 677 g/mol. The topological polar surface area (TPSA) is 51.8 Å². The van der Waals surface area contributed by atoms with Crippen molar-refractivity contribution < 1.29 is 4.42 Å². The van der Waals surface area contributed by atoms with Crippen LogP contribution in [0.3, 0.4) is 0 Å². The highest BCUT2D eigenvalue weighted by atomic mass is 16.3. The smallest absolute Gasteiger partial charge is 0.164 e. The molecule has 0 fully saturated rings. The van der Waals surface area contributed by atoms with Crippen LogP contribution in [0.1, 0.15) is 0 Å². The number of rotatable bonds is 6. The molecule has 53 heavy (non-hydrogen) atoms.